The van der Waals surface area contributed by atoms with Crippen molar-refractivity contribution in [2.24, 2.45) is 23.2 Å². The maximum atomic E-state index is 11.1. The van der Waals surface area contributed by atoms with Gasteiger partial charge in [0.2, 0.25) is 0 Å². The van der Waals surface area contributed by atoms with Crippen LogP contribution in [0, 0.1) is 35.0 Å². The first kappa shape index (κ1) is 23.6. The second kappa shape index (κ2) is 9.92. The quantitative estimate of drug-likeness (QED) is 0.578. The lowest BCUT2D eigenvalue weighted by atomic mass is 9.48. The summed E-state index contributed by atoms with van der Waals surface area (Å²) >= 11 is 0. The topological polar surface area (TPSA) is 59.0 Å². The molecule has 0 aromatic heterocycles. The molecule has 5 nitrogen and oxygen atoms in total. The van der Waals surface area contributed by atoms with Crippen LogP contribution in [0.4, 0.5) is 0 Å². The van der Waals surface area contributed by atoms with Gasteiger partial charge in [-0.25, -0.2) is 4.79 Å². The molecule has 4 bridgehead atoms. The SMILES string of the molecule is O=C(O)c1ccc(C#Cc2cccc(OC(CN3CCOCC3)C34CC5CC(CC(C5)C3)C4)c2)cc1. The van der Waals surface area contributed by atoms with Crippen molar-refractivity contribution < 1.29 is 19.4 Å². The minimum absolute atomic E-state index is 0.191. The predicted octanol–water partition coefficient (Wildman–Crippen LogP) is 5.08. The summed E-state index contributed by atoms with van der Waals surface area (Å²) in [5.74, 6) is 9.03. The third-order valence-electron chi connectivity index (χ3n) is 8.89. The second-order valence-electron chi connectivity index (χ2n) is 11.5. The van der Waals surface area contributed by atoms with Crippen molar-refractivity contribution in [2.75, 3.05) is 32.8 Å². The first-order valence-electron chi connectivity index (χ1n) is 13.5. The maximum Gasteiger partial charge on any atom is 0.335 e. The van der Waals surface area contributed by atoms with Crippen LogP contribution >= 0.6 is 0 Å². The van der Waals surface area contributed by atoms with Gasteiger partial charge in [-0.2, -0.15) is 0 Å². The standard InChI is InChI=1S/C31H35NO4/c33-30(34)27-8-6-22(7-9-27)4-5-23-2-1-3-28(17-23)36-29(21-32-10-12-35-13-11-32)31-18-24-14-25(19-31)16-26(15-24)20-31/h1-3,6-9,17,24-26,29H,10-16,18-21H2,(H,33,34). The number of carboxylic acid groups (broad SMARTS) is 1. The Morgan fingerprint density at radius 1 is 0.972 bits per heavy atom. The van der Waals surface area contributed by atoms with Crippen LogP contribution in [0.1, 0.15) is 60.0 Å². The fraction of sp³-hybridized carbons (Fsp3) is 0.516. The largest absolute Gasteiger partial charge is 0.488 e. The van der Waals surface area contributed by atoms with Gasteiger partial charge in [-0.3, -0.25) is 4.90 Å². The highest BCUT2D eigenvalue weighted by atomic mass is 16.5. The number of ether oxygens (including phenoxy) is 2. The average Bonchev–Trinajstić information content (AvgIpc) is 2.87. The Balaban J connectivity index is 1.22. The summed E-state index contributed by atoms with van der Waals surface area (Å²) in [6, 6.07) is 14.8. The van der Waals surface area contributed by atoms with E-state index < -0.39 is 5.97 Å². The van der Waals surface area contributed by atoms with Gasteiger partial charge in [0.05, 0.1) is 18.8 Å². The minimum atomic E-state index is -0.926. The summed E-state index contributed by atoms with van der Waals surface area (Å²) in [4.78, 5) is 13.6. The molecule has 0 spiro atoms. The van der Waals surface area contributed by atoms with Gasteiger partial charge in [0.15, 0.2) is 0 Å². The lowest BCUT2D eigenvalue weighted by molar-refractivity contribution is -0.121. The zero-order chi connectivity index (χ0) is 24.5. The van der Waals surface area contributed by atoms with Gasteiger partial charge in [-0.15, -0.1) is 0 Å². The van der Waals surface area contributed by atoms with Crippen LogP contribution in [0.5, 0.6) is 5.75 Å². The molecular formula is C31H35NO4. The molecule has 2 aromatic rings. The Labute approximate surface area is 213 Å². The predicted molar refractivity (Wildman–Crippen MR) is 138 cm³/mol. The molecule has 0 amide bonds. The van der Waals surface area contributed by atoms with E-state index in [2.05, 4.69) is 28.9 Å². The van der Waals surface area contributed by atoms with Crippen LogP contribution < -0.4 is 4.74 Å². The van der Waals surface area contributed by atoms with Crippen molar-refractivity contribution in [3.63, 3.8) is 0 Å². The van der Waals surface area contributed by atoms with Gasteiger partial charge < -0.3 is 14.6 Å². The number of rotatable bonds is 6. The van der Waals surface area contributed by atoms with Crippen molar-refractivity contribution in [1.82, 2.24) is 4.90 Å². The Morgan fingerprint density at radius 2 is 1.61 bits per heavy atom. The molecule has 7 rings (SSSR count). The molecule has 36 heavy (non-hydrogen) atoms. The van der Waals surface area contributed by atoms with E-state index in [4.69, 9.17) is 14.6 Å². The van der Waals surface area contributed by atoms with Gasteiger partial charge in [-0.1, -0.05) is 17.9 Å². The molecule has 5 aliphatic rings. The number of carboxylic acids is 1. The molecule has 1 unspecified atom stereocenters. The third kappa shape index (κ3) is 5.03. The molecule has 5 heteroatoms. The first-order chi connectivity index (χ1) is 17.5. The molecule has 0 radical (unpaired) electrons. The normalized spacial score (nSPS) is 29.8. The number of carbonyl (C=O) groups is 1. The highest BCUT2D eigenvalue weighted by Gasteiger charge is 2.55. The maximum absolute atomic E-state index is 11.1. The number of morpholine rings is 1. The Hall–Kier alpha value is -2.81. The smallest absolute Gasteiger partial charge is 0.335 e. The molecule has 1 heterocycles. The van der Waals surface area contributed by atoms with E-state index in [1.165, 1.54) is 38.5 Å². The van der Waals surface area contributed by atoms with Crippen molar-refractivity contribution >= 4 is 5.97 Å². The number of aromatic carboxylic acids is 1. The lowest BCUT2D eigenvalue weighted by Gasteiger charge is -2.59. The van der Waals surface area contributed by atoms with Gasteiger partial charge in [-0.05, 0) is 98.7 Å². The second-order valence-corrected chi connectivity index (χ2v) is 11.5. The van der Waals surface area contributed by atoms with Crippen LogP contribution in [0.25, 0.3) is 0 Å². The highest BCUT2D eigenvalue weighted by Crippen LogP contribution is 2.61. The van der Waals surface area contributed by atoms with Gasteiger partial charge >= 0.3 is 5.97 Å². The van der Waals surface area contributed by atoms with E-state index in [1.807, 2.05) is 12.1 Å². The molecular weight excluding hydrogens is 450 g/mol. The van der Waals surface area contributed by atoms with Crippen molar-refractivity contribution in [1.29, 1.82) is 0 Å². The number of benzene rings is 2. The third-order valence-corrected chi connectivity index (χ3v) is 8.89. The summed E-state index contributed by atoms with van der Waals surface area (Å²) in [6.07, 6.45) is 8.45. The monoisotopic (exact) mass is 485 g/mol. The molecule has 1 saturated heterocycles. The molecule has 4 aliphatic carbocycles. The van der Waals surface area contributed by atoms with Crippen molar-refractivity contribution in [3.8, 4) is 17.6 Å². The summed E-state index contributed by atoms with van der Waals surface area (Å²) in [5.41, 5.74) is 2.27. The van der Waals surface area contributed by atoms with Crippen LogP contribution in [-0.2, 0) is 4.74 Å². The highest BCUT2D eigenvalue weighted by molar-refractivity contribution is 5.87. The van der Waals surface area contributed by atoms with Crippen LogP contribution in [0.15, 0.2) is 48.5 Å². The summed E-state index contributed by atoms with van der Waals surface area (Å²) in [6.45, 7) is 4.57. The number of hydrogen-bond donors (Lipinski definition) is 1. The number of hydrogen-bond acceptors (Lipinski definition) is 4. The van der Waals surface area contributed by atoms with Gasteiger partial charge in [0.25, 0.3) is 0 Å². The molecule has 4 saturated carbocycles. The summed E-state index contributed by atoms with van der Waals surface area (Å²) in [5, 5.41) is 9.10. The Kier molecular flexibility index (Phi) is 6.50. The molecule has 1 aliphatic heterocycles. The van der Waals surface area contributed by atoms with Crippen LogP contribution in [0.2, 0.25) is 0 Å². The average molecular weight is 486 g/mol. The first-order valence-corrected chi connectivity index (χ1v) is 13.5. The fourth-order valence-corrected chi connectivity index (χ4v) is 7.60. The zero-order valence-electron chi connectivity index (χ0n) is 20.8. The van der Waals surface area contributed by atoms with Crippen LogP contribution in [0.3, 0.4) is 0 Å². The Bertz CT molecular complexity index is 1120. The summed E-state index contributed by atoms with van der Waals surface area (Å²) < 4.78 is 12.5. The molecule has 5 fully saturated rings. The molecule has 2 aromatic carbocycles. The minimum Gasteiger partial charge on any atom is -0.488 e. The van der Waals surface area contributed by atoms with E-state index in [0.29, 0.717) is 5.41 Å². The Morgan fingerprint density at radius 3 is 2.25 bits per heavy atom. The van der Waals surface area contributed by atoms with Crippen molar-refractivity contribution in [2.45, 2.75) is 44.6 Å². The van der Waals surface area contributed by atoms with Gasteiger partial charge in [0, 0.05) is 36.2 Å². The van der Waals surface area contributed by atoms with Gasteiger partial charge in [0.1, 0.15) is 11.9 Å². The molecule has 188 valence electrons. The fourth-order valence-electron chi connectivity index (χ4n) is 7.60. The van der Waals surface area contributed by atoms with E-state index in [1.54, 1.807) is 24.3 Å². The lowest BCUT2D eigenvalue weighted by Crippen LogP contribution is -2.57. The van der Waals surface area contributed by atoms with Crippen LogP contribution in [-0.4, -0.2) is 54.9 Å². The zero-order valence-corrected chi connectivity index (χ0v) is 20.8. The molecule has 1 N–H and O–H groups in total. The van der Waals surface area contributed by atoms with E-state index in [0.717, 1.165) is 67.5 Å². The van der Waals surface area contributed by atoms with E-state index in [9.17, 15) is 4.79 Å². The van der Waals surface area contributed by atoms with Crippen molar-refractivity contribution in [3.05, 3.63) is 65.2 Å². The van der Waals surface area contributed by atoms with E-state index in [-0.39, 0.29) is 11.7 Å². The van der Waals surface area contributed by atoms with E-state index >= 15 is 0 Å². The summed E-state index contributed by atoms with van der Waals surface area (Å²) in [7, 11) is 0. The number of nitrogens with zero attached hydrogens (tertiary/aromatic N) is 1. The molecule has 1 atom stereocenters.